The Morgan fingerprint density at radius 3 is 2.48 bits per heavy atom. The van der Waals surface area contributed by atoms with E-state index >= 15 is 0 Å². The van der Waals surface area contributed by atoms with E-state index in [1.165, 1.54) is 0 Å². The fourth-order valence-corrected chi connectivity index (χ4v) is 2.08. The van der Waals surface area contributed by atoms with Crippen LogP contribution in [0.15, 0.2) is 42.5 Å². The second-order valence-electron chi connectivity index (χ2n) is 4.74. The topological polar surface area (TPSA) is 50.1 Å². The van der Waals surface area contributed by atoms with Crippen LogP contribution in [0.3, 0.4) is 0 Å². The highest BCUT2D eigenvalue weighted by molar-refractivity contribution is 6.31. The summed E-state index contributed by atoms with van der Waals surface area (Å²) < 4.78 is 5.60. The van der Waals surface area contributed by atoms with Gasteiger partial charge in [0, 0.05) is 11.6 Å². The van der Waals surface area contributed by atoms with Gasteiger partial charge in [-0.2, -0.15) is 5.26 Å². The Morgan fingerprint density at radius 2 is 1.90 bits per heavy atom. The average molecular weight is 300 g/mol. The molecule has 0 aromatic heterocycles. The molecule has 1 unspecified atom stereocenters. The zero-order valence-corrected chi connectivity index (χ0v) is 12.5. The molecule has 21 heavy (non-hydrogen) atoms. The van der Waals surface area contributed by atoms with E-state index in [4.69, 9.17) is 21.6 Å². The first-order valence-electron chi connectivity index (χ1n) is 6.48. The second-order valence-corrected chi connectivity index (χ2v) is 5.15. The van der Waals surface area contributed by atoms with Crippen LogP contribution in [-0.4, -0.2) is 11.9 Å². The van der Waals surface area contributed by atoms with Crippen molar-refractivity contribution >= 4 is 17.4 Å². The minimum Gasteiger partial charge on any atom is -0.483 e. The highest BCUT2D eigenvalue weighted by atomic mass is 35.5. The van der Waals surface area contributed by atoms with Crippen molar-refractivity contribution in [3.8, 4) is 11.8 Å². The van der Waals surface area contributed by atoms with Crippen molar-refractivity contribution in [1.82, 2.24) is 0 Å². The van der Waals surface area contributed by atoms with Crippen LogP contribution in [0.25, 0.3) is 0 Å². The van der Waals surface area contributed by atoms with Crippen LogP contribution < -0.4 is 4.74 Å². The zero-order valence-electron chi connectivity index (χ0n) is 11.8. The van der Waals surface area contributed by atoms with Crippen molar-refractivity contribution in [2.75, 3.05) is 0 Å². The van der Waals surface area contributed by atoms with Crippen LogP contribution in [-0.2, 0) is 0 Å². The molecule has 106 valence electrons. The van der Waals surface area contributed by atoms with Gasteiger partial charge in [0.05, 0.1) is 10.6 Å². The first kappa shape index (κ1) is 15.1. The first-order valence-corrected chi connectivity index (χ1v) is 6.86. The summed E-state index contributed by atoms with van der Waals surface area (Å²) in [6.45, 7) is 3.65. The quantitative estimate of drug-likeness (QED) is 0.796. The van der Waals surface area contributed by atoms with Gasteiger partial charge in [-0.3, -0.25) is 4.79 Å². The van der Waals surface area contributed by atoms with Gasteiger partial charge in [-0.1, -0.05) is 41.4 Å². The maximum absolute atomic E-state index is 12.3. The lowest BCUT2D eigenvalue weighted by Crippen LogP contribution is -2.23. The van der Waals surface area contributed by atoms with E-state index in [0.717, 1.165) is 5.56 Å². The van der Waals surface area contributed by atoms with Crippen molar-refractivity contribution < 1.29 is 9.53 Å². The van der Waals surface area contributed by atoms with Crippen LogP contribution in [0, 0.1) is 18.3 Å². The second kappa shape index (κ2) is 6.43. The lowest BCUT2D eigenvalue weighted by Gasteiger charge is -2.14. The fraction of sp³-hybridized carbons (Fsp3) is 0.176. The summed E-state index contributed by atoms with van der Waals surface area (Å²) in [7, 11) is 0. The number of hydrogen-bond donors (Lipinski definition) is 0. The van der Waals surface area contributed by atoms with Gasteiger partial charge in [0.15, 0.2) is 6.10 Å². The Kier molecular flexibility index (Phi) is 4.62. The van der Waals surface area contributed by atoms with Gasteiger partial charge in [-0.15, -0.1) is 0 Å². The number of carbonyl (C=O) groups excluding carboxylic acids is 1. The normalized spacial score (nSPS) is 11.5. The Bertz CT molecular complexity index is 702. The Balaban J connectivity index is 2.12. The third-order valence-electron chi connectivity index (χ3n) is 3.08. The summed E-state index contributed by atoms with van der Waals surface area (Å²) in [6.07, 6.45) is -0.628. The number of halogens is 1. The summed E-state index contributed by atoms with van der Waals surface area (Å²) in [5, 5.41) is 9.13. The number of aryl methyl sites for hydroxylation is 1. The number of ketones is 1. The van der Waals surface area contributed by atoms with Crippen molar-refractivity contribution in [3.05, 3.63) is 64.2 Å². The SMILES string of the molecule is Cc1ccc(C(=O)C(C)Oc2ccc(C#N)c(Cl)c2)cc1. The maximum Gasteiger partial charge on any atom is 0.202 e. The van der Waals surface area contributed by atoms with Crippen molar-refractivity contribution in [3.63, 3.8) is 0 Å². The van der Waals surface area contributed by atoms with Crippen molar-refractivity contribution in [2.45, 2.75) is 20.0 Å². The van der Waals surface area contributed by atoms with Crippen molar-refractivity contribution in [2.24, 2.45) is 0 Å². The van der Waals surface area contributed by atoms with Crippen LogP contribution in [0.2, 0.25) is 5.02 Å². The molecule has 0 aliphatic heterocycles. The zero-order chi connectivity index (χ0) is 15.4. The van der Waals surface area contributed by atoms with Crippen LogP contribution >= 0.6 is 11.6 Å². The third kappa shape index (κ3) is 3.62. The number of hydrogen-bond acceptors (Lipinski definition) is 3. The minimum atomic E-state index is -0.628. The summed E-state index contributed by atoms with van der Waals surface area (Å²) in [5.41, 5.74) is 2.08. The highest BCUT2D eigenvalue weighted by Gasteiger charge is 2.17. The number of nitrogens with zero attached hydrogens (tertiary/aromatic N) is 1. The molecule has 0 amide bonds. The van der Waals surface area contributed by atoms with Crippen molar-refractivity contribution in [1.29, 1.82) is 5.26 Å². The molecule has 1 atom stereocenters. The predicted molar refractivity (Wildman–Crippen MR) is 81.8 cm³/mol. The number of benzene rings is 2. The number of carbonyl (C=O) groups is 1. The van der Waals surface area contributed by atoms with E-state index in [-0.39, 0.29) is 5.78 Å². The van der Waals surface area contributed by atoms with Crippen LogP contribution in [0.4, 0.5) is 0 Å². The van der Waals surface area contributed by atoms with E-state index in [9.17, 15) is 4.79 Å². The molecule has 4 heteroatoms. The molecule has 3 nitrogen and oxygen atoms in total. The summed E-state index contributed by atoms with van der Waals surface area (Å²) in [4.78, 5) is 12.3. The van der Waals surface area contributed by atoms with Crippen LogP contribution in [0.5, 0.6) is 5.75 Å². The van der Waals surface area contributed by atoms with E-state index in [1.807, 2.05) is 25.1 Å². The van der Waals surface area contributed by atoms with E-state index < -0.39 is 6.10 Å². The summed E-state index contributed by atoms with van der Waals surface area (Å²) in [6, 6.07) is 14.1. The average Bonchev–Trinajstić information content (AvgIpc) is 2.47. The van der Waals surface area contributed by atoms with Gasteiger partial charge >= 0.3 is 0 Å². The Labute approximate surface area is 128 Å². The van der Waals surface area contributed by atoms with Gasteiger partial charge in [0.25, 0.3) is 0 Å². The molecule has 0 N–H and O–H groups in total. The van der Waals surface area contributed by atoms with E-state index in [2.05, 4.69) is 0 Å². The molecule has 0 saturated carbocycles. The monoisotopic (exact) mass is 299 g/mol. The first-order chi connectivity index (χ1) is 10.0. The molecular formula is C17H14ClNO2. The number of Topliss-reactive ketones (excluding diaryl/α,β-unsaturated/α-hetero) is 1. The lowest BCUT2D eigenvalue weighted by atomic mass is 10.1. The molecular weight excluding hydrogens is 286 g/mol. The largest absolute Gasteiger partial charge is 0.483 e. The predicted octanol–water partition coefficient (Wildman–Crippen LogP) is 4.17. The maximum atomic E-state index is 12.3. The highest BCUT2D eigenvalue weighted by Crippen LogP contribution is 2.23. The molecule has 0 bridgehead atoms. The molecule has 2 aromatic rings. The third-order valence-corrected chi connectivity index (χ3v) is 3.39. The van der Waals surface area contributed by atoms with E-state index in [0.29, 0.717) is 21.9 Å². The molecule has 0 radical (unpaired) electrons. The van der Waals surface area contributed by atoms with E-state index in [1.54, 1.807) is 37.3 Å². The standard InChI is InChI=1S/C17H14ClNO2/c1-11-3-5-13(6-4-11)17(20)12(2)21-15-8-7-14(10-19)16(18)9-15/h3-9,12H,1-2H3. The van der Waals surface area contributed by atoms with Gasteiger partial charge in [0.1, 0.15) is 11.8 Å². The molecule has 0 saturated heterocycles. The van der Waals surface area contributed by atoms with Crippen LogP contribution in [0.1, 0.15) is 28.4 Å². The molecule has 0 fully saturated rings. The lowest BCUT2D eigenvalue weighted by molar-refractivity contribution is 0.0818. The minimum absolute atomic E-state index is 0.101. The molecule has 0 aliphatic rings. The molecule has 2 aromatic carbocycles. The Morgan fingerprint density at radius 1 is 1.24 bits per heavy atom. The molecule has 2 rings (SSSR count). The van der Waals surface area contributed by atoms with Gasteiger partial charge < -0.3 is 4.74 Å². The summed E-state index contributed by atoms with van der Waals surface area (Å²) >= 11 is 5.94. The smallest absolute Gasteiger partial charge is 0.202 e. The number of rotatable bonds is 4. The number of nitriles is 1. The van der Waals surface area contributed by atoms with Gasteiger partial charge in [-0.25, -0.2) is 0 Å². The van der Waals surface area contributed by atoms with Gasteiger partial charge in [-0.05, 0) is 26.0 Å². The Hall–Kier alpha value is -2.31. The summed E-state index contributed by atoms with van der Waals surface area (Å²) in [5.74, 6) is 0.363. The molecule has 0 aliphatic carbocycles. The fourth-order valence-electron chi connectivity index (χ4n) is 1.87. The van der Waals surface area contributed by atoms with Gasteiger partial charge in [0.2, 0.25) is 5.78 Å². The number of ether oxygens (including phenoxy) is 1. The molecule has 0 spiro atoms. The molecule has 0 heterocycles.